The molecule has 0 aliphatic carbocycles. The summed E-state index contributed by atoms with van der Waals surface area (Å²) in [5, 5.41) is 8.05. The van der Waals surface area contributed by atoms with Gasteiger partial charge in [0.15, 0.2) is 0 Å². The van der Waals surface area contributed by atoms with Crippen LogP contribution in [0.2, 0.25) is 5.02 Å². The normalized spacial score (nSPS) is 19.4. The zero-order valence-corrected chi connectivity index (χ0v) is 16.0. The van der Waals surface area contributed by atoms with Crippen LogP contribution in [0.15, 0.2) is 28.8 Å². The topological polar surface area (TPSA) is 74.5 Å². The summed E-state index contributed by atoms with van der Waals surface area (Å²) in [6.45, 7) is 5.69. The Morgan fingerprint density at radius 3 is 2.56 bits per heavy atom. The van der Waals surface area contributed by atoms with Crippen LogP contribution in [0.4, 0.5) is 0 Å². The number of piperazine rings is 1. The minimum absolute atomic E-state index is 0.190. The molecule has 1 aromatic heterocycles. The first-order valence-corrected chi connectivity index (χ1v) is 9.87. The zero-order valence-electron chi connectivity index (χ0n) is 15.2. The van der Waals surface area contributed by atoms with E-state index in [2.05, 4.69) is 20.4 Å². The van der Waals surface area contributed by atoms with Crippen LogP contribution in [-0.4, -0.2) is 65.1 Å². The quantitative estimate of drug-likeness (QED) is 0.862. The minimum atomic E-state index is 0.190. The first-order chi connectivity index (χ1) is 13.2. The molecule has 2 aliphatic rings. The van der Waals surface area contributed by atoms with E-state index in [0.717, 1.165) is 57.7 Å². The Morgan fingerprint density at radius 1 is 1.15 bits per heavy atom. The Kier molecular flexibility index (Phi) is 5.71. The number of carbonyl (C=O) groups is 1. The molecule has 0 radical (unpaired) electrons. The van der Waals surface area contributed by atoms with Gasteiger partial charge in [0.1, 0.15) is 0 Å². The van der Waals surface area contributed by atoms with Gasteiger partial charge in [0.25, 0.3) is 0 Å². The molecule has 27 heavy (non-hydrogen) atoms. The molecule has 2 fully saturated rings. The third-order valence-corrected chi connectivity index (χ3v) is 5.55. The van der Waals surface area contributed by atoms with E-state index in [1.54, 1.807) is 0 Å². The van der Waals surface area contributed by atoms with E-state index in [9.17, 15) is 4.79 Å². The van der Waals surface area contributed by atoms with Gasteiger partial charge in [-0.15, -0.1) is 0 Å². The van der Waals surface area contributed by atoms with Crippen molar-refractivity contribution in [1.29, 1.82) is 0 Å². The molecule has 3 heterocycles. The van der Waals surface area contributed by atoms with Crippen LogP contribution < -0.4 is 5.32 Å². The molecule has 1 aromatic carbocycles. The van der Waals surface area contributed by atoms with Gasteiger partial charge in [-0.2, -0.15) is 4.98 Å². The molecule has 1 amide bonds. The summed E-state index contributed by atoms with van der Waals surface area (Å²) >= 11 is 5.91. The maximum Gasteiger partial charge on any atom is 0.241 e. The van der Waals surface area contributed by atoms with Crippen molar-refractivity contribution < 1.29 is 9.32 Å². The van der Waals surface area contributed by atoms with Crippen LogP contribution in [0.3, 0.4) is 0 Å². The first kappa shape index (κ1) is 18.4. The largest absolute Gasteiger partial charge is 0.340 e. The standard InChI is InChI=1S/C19H24ClN5O2/c20-16-3-1-14(2-4-16)18-22-17(27-23-18)13-24-9-11-25(12-10-24)19(26)15-5-7-21-8-6-15/h1-4,15,21H,5-13H2. The molecule has 144 valence electrons. The second-order valence-electron chi connectivity index (χ2n) is 7.14. The van der Waals surface area contributed by atoms with Gasteiger partial charge in [0.2, 0.25) is 17.6 Å². The number of aromatic nitrogens is 2. The van der Waals surface area contributed by atoms with Gasteiger partial charge in [-0.1, -0.05) is 16.8 Å². The molecule has 4 rings (SSSR count). The summed E-state index contributed by atoms with van der Waals surface area (Å²) in [5.41, 5.74) is 0.881. The molecule has 0 saturated carbocycles. The predicted octanol–water partition coefficient (Wildman–Crippen LogP) is 2.03. The van der Waals surface area contributed by atoms with Crippen LogP contribution in [-0.2, 0) is 11.3 Å². The third kappa shape index (κ3) is 4.48. The van der Waals surface area contributed by atoms with Crippen molar-refractivity contribution in [3.8, 4) is 11.4 Å². The summed E-state index contributed by atoms with van der Waals surface area (Å²) in [6, 6.07) is 7.38. The van der Waals surface area contributed by atoms with Crippen LogP contribution in [0.5, 0.6) is 0 Å². The lowest BCUT2D eigenvalue weighted by Crippen LogP contribution is -2.51. The zero-order chi connectivity index (χ0) is 18.6. The van der Waals surface area contributed by atoms with Gasteiger partial charge in [-0.25, -0.2) is 0 Å². The number of amides is 1. The van der Waals surface area contributed by atoms with E-state index < -0.39 is 0 Å². The van der Waals surface area contributed by atoms with Crippen molar-refractivity contribution >= 4 is 17.5 Å². The summed E-state index contributed by atoms with van der Waals surface area (Å²) in [7, 11) is 0. The molecule has 2 saturated heterocycles. The van der Waals surface area contributed by atoms with Crippen molar-refractivity contribution in [2.24, 2.45) is 5.92 Å². The fourth-order valence-electron chi connectivity index (χ4n) is 3.68. The highest BCUT2D eigenvalue weighted by atomic mass is 35.5. The lowest BCUT2D eigenvalue weighted by Gasteiger charge is -2.36. The number of nitrogens with one attached hydrogen (secondary N) is 1. The number of halogens is 1. The number of hydrogen-bond donors (Lipinski definition) is 1. The Labute approximate surface area is 163 Å². The van der Waals surface area contributed by atoms with Crippen LogP contribution >= 0.6 is 11.6 Å². The van der Waals surface area contributed by atoms with Crippen LogP contribution in [0.25, 0.3) is 11.4 Å². The maximum absolute atomic E-state index is 12.6. The molecular weight excluding hydrogens is 366 g/mol. The van der Waals surface area contributed by atoms with Gasteiger partial charge in [-0.3, -0.25) is 9.69 Å². The average Bonchev–Trinajstić information content (AvgIpc) is 3.18. The van der Waals surface area contributed by atoms with Crippen molar-refractivity contribution in [1.82, 2.24) is 25.3 Å². The summed E-state index contributed by atoms with van der Waals surface area (Å²) in [6.07, 6.45) is 1.91. The van der Waals surface area contributed by atoms with Gasteiger partial charge in [0.05, 0.1) is 6.54 Å². The van der Waals surface area contributed by atoms with Crippen molar-refractivity contribution in [2.75, 3.05) is 39.3 Å². The highest BCUT2D eigenvalue weighted by Gasteiger charge is 2.28. The summed E-state index contributed by atoms with van der Waals surface area (Å²) in [4.78, 5) is 21.4. The average molecular weight is 390 g/mol. The molecular formula is C19H24ClN5O2. The lowest BCUT2D eigenvalue weighted by molar-refractivity contribution is -0.138. The predicted molar refractivity (Wildman–Crippen MR) is 102 cm³/mol. The second-order valence-corrected chi connectivity index (χ2v) is 7.58. The lowest BCUT2D eigenvalue weighted by atomic mass is 9.96. The highest BCUT2D eigenvalue weighted by Crippen LogP contribution is 2.20. The molecule has 0 spiro atoms. The Morgan fingerprint density at radius 2 is 1.85 bits per heavy atom. The van der Waals surface area contributed by atoms with Gasteiger partial charge in [0, 0.05) is 42.7 Å². The Hall–Kier alpha value is -1.96. The number of carbonyl (C=O) groups excluding carboxylic acids is 1. The fraction of sp³-hybridized carbons (Fsp3) is 0.526. The van der Waals surface area contributed by atoms with Gasteiger partial charge < -0.3 is 14.7 Å². The van der Waals surface area contributed by atoms with Crippen molar-refractivity contribution in [2.45, 2.75) is 19.4 Å². The molecule has 0 unspecified atom stereocenters. The second kappa shape index (κ2) is 8.37. The van der Waals surface area contributed by atoms with Crippen molar-refractivity contribution in [3.63, 3.8) is 0 Å². The maximum atomic E-state index is 12.6. The molecule has 1 N–H and O–H groups in total. The third-order valence-electron chi connectivity index (χ3n) is 5.30. The van der Waals surface area contributed by atoms with Gasteiger partial charge >= 0.3 is 0 Å². The van der Waals surface area contributed by atoms with Crippen LogP contribution in [0.1, 0.15) is 18.7 Å². The number of hydrogen-bond acceptors (Lipinski definition) is 6. The summed E-state index contributed by atoms with van der Waals surface area (Å²) < 4.78 is 5.40. The molecule has 0 atom stereocenters. The molecule has 7 nitrogen and oxygen atoms in total. The molecule has 0 bridgehead atoms. The van der Waals surface area contributed by atoms with E-state index in [1.807, 2.05) is 29.2 Å². The fourth-order valence-corrected chi connectivity index (χ4v) is 3.81. The minimum Gasteiger partial charge on any atom is -0.340 e. The monoisotopic (exact) mass is 389 g/mol. The number of rotatable bonds is 4. The summed E-state index contributed by atoms with van der Waals surface area (Å²) in [5.74, 6) is 1.68. The van der Waals surface area contributed by atoms with Gasteiger partial charge in [-0.05, 0) is 50.2 Å². The highest BCUT2D eigenvalue weighted by molar-refractivity contribution is 6.30. The van der Waals surface area contributed by atoms with Crippen molar-refractivity contribution in [3.05, 3.63) is 35.2 Å². The number of benzene rings is 1. The molecule has 2 aliphatic heterocycles. The first-order valence-electron chi connectivity index (χ1n) is 9.49. The number of nitrogens with zero attached hydrogens (tertiary/aromatic N) is 4. The number of piperidine rings is 1. The molecule has 8 heteroatoms. The molecule has 2 aromatic rings. The van der Waals surface area contributed by atoms with E-state index in [1.165, 1.54) is 0 Å². The Bertz CT molecular complexity index is 765. The smallest absolute Gasteiger partial charge is 0.241 e. The van der Waals surface area contributed by atoms with E-state index in [-0.39, 0.29) is 5.92 Å². The van der Waals surface area contributed by atoms with E-state index in [0.29, 0.717) is 29.2 Å². The SMILES string of the molecule is O=C(C1CCNCC1)N1CCN(Cc2nc(-c3ccc(Cl)cc3)no2)CC1. The Balaban J connectivity index is 1.29. The van der Waals surface area contributed by atoms with E-state index in [4.69, 9.17) is 16.1 Å². The van der Waals surface area contributed by atoms with E-state index >= 15 is 0 Å². The van der Waals surface area contributed by atoms with Crippen LogP contribution in [0, 0.1) is 5.92 Å².